The number of pyridine rings is 1. The fraction of sp³-hybridized carbons (Fsp3) is 0.222. The minimum Gasteiger partial charge on any atom is -0.481 e. The third kappa shape index (κ3) is 3.46. The minimum absolute atomic E-state index is 0.0236. The Morgan fingerprint density at radius 3 is 2.52 bits per heavy atom. The lowest BCUT2D eigenvalue weighted by Gasteiger charge is -2.40. The van der Waals surface area contributed by atoms with E-state index in [2.05, 4.69) is 4.98 Å². The van der Waals surface area contributed by atoms with Gasteiger partial charge in [-0.1, -0.05) is 24.3 Å². The number of carboxylic acid groups (broad SMARTS) is 1. The third-order valence-corrected chi connectivity index (χ3v) is 4.30. The van der Waals surface area contributed by atoms with Crippen molar-refractivity contribution in [3.8, 4) is 6.07 Å². The number of carbonyl (C=O) groups excluding carboxylic acids is 1. The molecule has 1 amide bonds. The number of hydrogen-bond acceptors (Lipinski definition) is 4. The van der Waals surface area contributed by atoms with E-state index in [0.29, 0.717) is 4.90 Å². The van der Waals surface area contributed by atoms with Gasteiger partial charge in [0.05, 0.1) is 6.04 Å². The maximum atomic E-state index is 13.1. The predicted molar refractivity (Wildman–Crippen MR) is 85.6 cm³/mol. The van der Waals surface area contributed by atoms with Gasteiger partial charge in [0, 0.05) is 11.8 Å². The molecule has 1 aliphatic heterocycles. The maximum Gasteiger partial charge on any atom is 0.406 e. The number of fused-ring (bicyclic) bond motifs is 1. The molecule has 1 aromatic carbocycles. The lowest BCUT2D eigenvalue weighted by molar-refractivity contribution is -0.153. The zero-order valence-corrected chi connectivity index (χ0v) is 13.6. The molecule has 0 aliphatic carbocycles. The molecule has 138 valence electrons. The summed E-state index contributed by atoms with van der Waals surface area (Å²) in [4.78, 5) is 29.0. The first-order valence-corrected chi connectivity index (χ1v) is 7.78. The summed E-state index contributed by atoms with van der Waals surface area (Å²) in [7, 11) is 0. The number of benzene rings is 1. The molecule has 9 heteroatoms. The van der Waals surface area contributed by atoms with Gasteiger partial charge in [0.15, 0.2) is 0 Å². The molecule has 6 nitrogen and oxygen atoms in total. The Balaban J connectivity index is 2.21. The van der Waals surface area contributed by atoms with E-state index in [0.717, 1.165) is 6.20 Å². The topological polar surface area (TPSA) is 94.3 Å². The summed E-state index contributed by atoms with van der Waals surface area (Å²) in [5.41, 5.74) is 0.193. The van der Waals surface area contributed by atoms with Gasteiger partial charge in [0.1, 0.15) is 24.2 Å². The number of hydrogen-bond donors (Lipinski definition) is 1. The fourth-order valence-corrected chi connectivity index (χ4v) is 3.24. The summed E-state index contributed by atoms with van der Waals surface area (Å²) in [5, 5.41) is 18.6. The van der Waals surface area contributed by atoms with Crippen LogP contribution in [0.3, 0.4) is 0 Å². The van der Waals surface area contributed by atoms with Crippen molar-refractivity contribution < 1.29 is 27.9 Å². The summed E-state index contributed by atoms with van der Waals surface area (Å²) in [5.74, 6) is -3.68. The molecule has 3 rings (SSSR count). The van der Waals surface area contributed by atoms with Crippen LogP contribution >= 0.6 is 0 Å². The van der Waals surface area contributed by atoms with Gasteiger partial charge in [-0.15, -0.1) is 0 Å². The zero-order chi connectivity index (χ0) is 19.8. The molecule has 0 saturated carbocycles. The molecule has 2 heterocycles. The van der Waals surface area contributed by atoms with Gasteiger partial charge in [-0.2, -0.15) is 18.4 Å². The van der Waals surface area contributed by atoms with Crippen molar-refractivity contribution in [1.82, 2.24) is 9.88 Å². The maximum absolute atomic E-state index is 13.1. The van der Waals surface area contributed by atoms with Gasteiger partial charge in [0.2, 0.25) is 0 Å². The first-order chi connectivity index (χ1) is 12.7. The lowest BCUT2D eigenvalue weighted by Crippen LogP contribution is -2.48. The Morgan fingerprint density at radius 2 is 1.96 bits per heavy atom. The Morgan fingerprint density at radius 1 is 1.26 bits per heavy atom. The first-order valence-electron chi connectivity index (χ1n) is 7.78. The number of alkyl halides is 3. The van der Waals surface area contributed by atoms with Crippen molar-refractivity contribution in [2.24, 2.45) is 0 Å². The van der Waals surface area contributed by atoms with Crippen LogP contribution in [0.15, 0.2) is 42.6 Å². The number of aromatic nitrogens is 1. The van der Waals surface area contributed by atoms with Gasteiger partial charge < -0.3 is 10.0 Å². The van der Waals surface area contributed by atoms with Crippen LogP contribution < -0.4 is 0 Å². The molecule has 2 aromatic rings. The standard InChI is InChI=1S/C18H12F3N3O3/c19-18(20,21)9-24-15(10-5-6-11(7-22)23-8-10)14(17(26)27)12-3-1-2-4-13(12)16(24)25/h1-6,8,14-15H,9H2,(H,26,27). The molecule has 0 radical (unpaired) electrons. The number of halogens is 3. The van der Waals surface area contributed by atoms with Gasteiger partial charge in [-0.3, -0.25) is 9.59 Å². The van der Waals surface area contributed by atoms with E-state index in [9.17, 15) is 27.9 Å². The largest absolute Gasteiger partial charge is 0.481 e. The van der Waals surface area contributed by atoms with Crippen molar-refractivity contribution >= 4 is 11.9 Å². The second-order valence-corrected chi connectivity index (χ2v) is 5.98. The number of nitrogens with zero attached hydrogens (tertiary/aromatic N) is 3. The minimum atomic E-state index is -4.72. The fourth-order valence-electron chi connectivity index (χ4n) is 3.24. The molecular formula is C18H12F3N3O3. The molecule has 0 spiro atoms. The quantitative estimate of drug-likeness (QED) is 0.890. The summed E-state index contributed by atoms with van der Waals surface area (Å²) in [6.45, 7) is -1.60. The molecule has 1 N–H and O–H groups in total. The van der Waals surface area contributed by atoms with E-state index in [1.165, 1.54) is 36.4 Å². The van der Waals surface area contributed by atoms with Gasteiger partial charge in [-0.05, 0) is 23.3 Å². The van der Waals surface area contributed by atoms with Crippen molar-refractivity contribution in [2.45, 2.75) is 18.1 Å². The van der Waals surface area contributed by atoms with Crippen molar-refractivity contribution in [2.75, 3.05) is 6.54 Å². The average molecular weight is 375 g/mol. The Labute approximate surface area is 151 Å². The summed E-state index contributed by atoms with van der Waals surface area (Å²) in [6.07, 6.45) is -3.59. The second-order valence-electron chi connectivity index (χ2n) is 5.98. The molecule has 2 unspecified atom stereocenters. The van der Waals surface area contributed by atoms with Crippen molar-refractivity contribution in [3.05, 3.63) is 65.0 Å². The number of amides is 1. The van der Waals surface area contributed by atoms with E-state index in [-0.39, 0.29) is 22.4 Å². The van der Waals surface area contributed by atoms with Gasteiger partial charge in [-0.25, -0.2) is 4.98 Å². The molecular weight excluding hydrogens is 363 g/mol. The normalized spacial score (nSPS) is 19.3. The number of carboxylic acids is 1. The van der Waals surface area contributed by atoms with Crippen LogP contribution in [0.25, 0.3) is 0 Å². The van der Waals surface area contributed by atoms with Crippen LogP contribution in [-0.4, -0.2) is 39.6 Å². The summed E-state index contributed by atoms with van der Waals surface area (Å²) in [6, 6.07) is 8.67. The number of nitriles is 1. The van der Waals surface area contributed by atoms with E-state index in [1.807, 2.05) is 0 Å². The third-order valence-electron chi connectivity index (χ3n) is 4.30. The second kappa shape index (κ2) is 6.72. The Bertz CT molecular complexity index is 935. The van der Waals surface area contributed by atoms with Gasteiger partial charge in [0.25, 0.3) is 5.91 Å². The van der Waals surface area contributed by atoms with Crippen LogP contribution in [0.4, 0.5) is 13.2 Å². The number of rotatable bonds is 3. The zero-order valence-electron chi connectivity index (χ0n) is 13.6. The van der Waals surface area contributed by atoms with E-state index >= 15 is 0 Å². The molecule has 0 fully saturated rings. The van der Waals surface area contributed by atoms with Crippen LogP contribution in [-0.2, 0) is 4.79 Å². The molecule has 0 bridgehead atoms. The van der Waals surface area contributed by atoms with E-state index < -0.39 is 36.6 Å². The highest BCUT2D eigenvalue weighted by Crippen LogP contribution is 2.43. The highest BCUT2D eigenvalue weighted by molar-refractivity contribution is 6.00. The van der Waals surface area contributed by atoms with E-state index in [4.69, 9.17) is 5.26 Å². The molecule has 0 saturated heterocycles. The molecule has 2 atom stereocenters. The highest BCUT2D eigenvalue weighted by Gasteiger charge is 2.47. The van der Waals surface area contributed by atoms with Crippen molar-refractivity contribution in [3.63, 3.8) is 0 Å². The Hall–Kier alpha value is -3.41. The smallest absolute Gasteiger partial charge is 0.406 e. The van der Waals surface area contributed by atoms with Crippen LogP contribution in [0.5, 0.6) is 0 Å². The van der Waals surface area contributed by atoms with Crippen LogP contribution in [0.1, 0.15) is 39.1 Å². The molecule has 27 heavy (non-hydrogen) atoms. The van der Waals surface area contributed by atoms with Crippen LogP contribution in [0.2, 0.25) is 0 Å². The summed E-state index contributed by atoms with van der Waals surface area (Å²) < 4.78 is 39.4. The first kappa shape index (κ1) is 18.4. The number of carbonyl (C=O) groups is 2. The summed E-state index contributed by atoms with van der Waals surface area (Å²) >= 11 is 0. The average Bonchev–Trinajstić information content (AvgIpc) is 2.62. The monoisotopic (exact) mass is 375 g/mol. The van der Waals surface area contributed by atoms with Crippen LogP contribution in [0, 0.1) is 11.3 Å². The lowest BCUT2D eigenvalue weighted by atomic mass is 9.80. The predicted octanol–water partition coefficient (Wildman–Crippen LogP) is 2.88. The molecule has 1 aromatic heterocycles. The van der Waals surface area contributed by atoms with Crippen molar-refractivity contribution in [1.29, 1.82) is 5.26 Å². The Kier molecular flexibility index (Phi) is 4.57. The SMILES string of the molecule is N#Cc1ccc(C2C(C(=O)O)c3ccccc3C(=O)N2CC(F)(F)F)cn1. The van der Waals surface area contributed by atoms with E-state index in [1.54, 1.807) is 6.07 Å². The number of aliphatic carboxylic acids is 1. The molecule has 1 aliphatic rings. The highest BCUT2D eigenvalue weighted by atomic mass is 19.4. The van der Waals surface area contributed by atoms with Gasteiger partial charge >= 0.3 is 12.1 Å².